The molecular weight excluding hydrogens is 382 g/mol. The summed E-state index contributed by atoms with van der Waals surface area (Å²) in [5, 5.41) is 1.09. The first-order valence-electron chi connectivity index (χ1n) is 9.99. The third kappa shape index (κ3) is 3.12. The van der Waals surface area contributed by atoms with Gasteiger partial charge in [-0.1, -0.05) is 12.2 Å². The average Bonchev–Trinajstić information content (AvgIpc) is 3.45. The van der Waals surface area contributed by atoms with Crippen LogP contribution in [-0.2, 0) is 19.1 Å². The number of aromatic amines is 1. The molecule has 3 aliphatic rings. The zero-order chi connectivity index (χ0) is 20.7. The van der Waals surface area contributed by atoms with Crippen molar-refractivity contribution in [1.29, 1.82) is 0 Å². The van der Waals surface area contributed by atoms with E-state index in [4.69, 9.17) is 9.47 Å². The van der Waals surface area contributed by atoms with Crippen molar-refractivity contribution in [2.75, 3.05) is 26.3 Å². The van der Waals surface area contributed by atoms with Crippen LogP contribution >= 0.6 is 0 Å². The maximum absolute atomic E-state index is 12.2. The number of hydrogen-bond acceptors (Lipinski definition) is 6. The summed E-state index contributed by atoms with van der Waals surface area (Å²) in [7, 11) is 0. The van der Waals surface area contributed by atoms with Crippen molar-refractivity contribution in [1.82, 2.24) is 14.9 Å². The zero-order valence-electron chi connectivity index (χ0n) is 16.6. The summed E-state index contributed by atoms with van der Waals surface area (Å²) >= 11 is 0. The maximum atomic E-state index is 12.2. The highest BCUT2D eigenvalue weighted by atomic mass is 16.5. The lowest BCUT2D eigenvalue weighted by molar-refractivity contribution is -0.139. The van der Waals surface area contributed by atoms with E-state index < -0.39 is 5.97 Å². The van der Waals surface area contributed by atoms with Gasteiger partial charge in [0.25, 0.3) is 0 Å². The highest BCUT2D eigenvalue weighted by Crippen LogP contribution is 2.35. The molecule has 4 heterocycles. The number of nitrogens with zero attached hydrogens (tertiary/aromatic N) is 2. The largest absolute Gasteiger partial charge is 0.470 e. The van der Waals surface area contributed by atoms with Crippen molar-refractivity contribution < 1.29 is 19.1 Å². The van der Waals surface area contributed by atoms with Crippen LogP contribution in [0, 0.1) is 0 Å². The molecule has 1 N–H and O–H groups in total. The Morgan fingerprint density at radius 3 is 3.10 bits per heavy atom. The third-order valence-electron chi connectivity index (χ3n) is 5.50. The zero-order valence-corrected chi connectivity index (χ0v) is 16.6. The molecule has 7 heteroatoms. The number of fused-ring (bicyclic) bond motifs is 2. The molecule has 0 atom stereocenters. The van der Waals surface area contributed by atoms with Crippen LogP contribution in [0.4, 0.5) is 0 Å². The number of carbonyl (C=O) groups excluding carboxylic acids is 2. The van der Waals surface area contributed by atoms with Crippen LogP contribution in [0.25, 0.3) is 17.1 Å². The van der Waals surface area contributed by atoms with Gasteiger partial charge in [0, 0.05) is 36.4 Å². The number of hydrogen-bond donors (Lipinski definition) is 1. The Kier molecular flexibility index (Phi) is 4.50. The first-order valence-corrected chi connectivity index (χ1v) is 9.99. The first kappa shape index (κ1) is 18.4. The molecule has 0 saturated carbocycles. The smallest absolute Gasteiger partial charge is 0.347 e. The Hall–Kier alpha value is -3.61. The normalized spacial score (nSPS) is 19.8. The summed E-state index contributed by atoms with van der Waals surface area (Å²) in [6.45, 7) is 3.02. The summed E-state index contributed by atoms with van der Waals surface area (Å²) in [6.07, 6.45) is 11.1. The average molecular weight is 403 g/mol. The van der Waals surface area contributed by atoms with Crippen LogP contribution in [0.5, 0.6) is 0 Å². The molecule has 1 saturated heterocycles. The topological polar surface area (TPSA) is 84.5 Å². The van der Waals surface area contributed by atoms with Gasteiger partial charge in [-0.3, -0.25) is 4.79 Å². The molecule has 0 radical (unpaired) electrons. The van der Waals surface area contributed by atoms with Gasteiger partial charge in [0.15, 0.2) is 12.2 Å². The molecule has 0 unspecified atom stereocenters. The molecule has 2 aliphatic heterocycles. The monoisotopic (exact) mass is 403 g/mol. The Balaban J connectivity index is 1.42. The molecule has 5 rings (SSSR count). The van der Waals surface area contributed by atoms with E-state index >= 15 is 0 Å². The maximum Gasteiger partial charge on any atom is 0.347 e. The summed E-state index contributed by atoms with van der Waals surface area (Å²) in [5.74, 6) is -0.598. The second kappa shape index (κ2) is 7.33. The van der Waals surface area contributed by atoms with Crippen LogP contribution in [-0.4, -0.2) is 52.9 Å². The van der Waals surface area contributed by atoms with Gasteiger partial charge in [0.05, 0.1) is 6.61 Å². The number of aromatic nitrogens is 2. The van der Waals surface area contributed by atoms with Crippen molar-refractivity contribution in [3.63, 3.8) is 0 Å². The Morgan fingerprint density at radius 2 is 2.23 bits per heavy atom. The van der Waals surface area contributed by atoms with E-state index in [0.717, 1.165) is 23.0 Å². The minimum atomic E-state index is -0.610. The Morgan fingerprint density at radius 1 is 1.37 bits per heavy atom. The number of nitrogens with one attached hydrogen (secondary N) is 1. The molecule has 7 nitrogen and oxygen atoms in total. The number of allylic oxidation sites excluding steroid dienone is 3. The van der Waals surface area contributed by atoms with Crippen molar-refractivity contribution in [2.45, 2.75) is 13.3 Å². The fraction of sp³-hybridized carbons (Fsp3) is 0.261. The Bertz CT molecular complexity index is 1180. The molecule has 1 fully saturated rings. The van der Waals surface area contributed by atoms with E-state index in [2.05, 4.69) is 34.3 Å². The van der Waals surface area contributed by atoms with E-state index in [1.54, 1.807) is 13.1 Å². The van der Waals surface area contributed by atoms with Gasteiger partial charge in [-0.25, -0.2) is 9.78 Å². The van der Waals surface area contributed by atoms with Crippen LogP contribution < -0.4 is 0 Å². The molecule has 1 aliphatic carbocycles. The van der Waals surface area contributed by atoms with Gasteiger partial charge >= 0.3 is 5.97 Å². The predicted molar refractivity (Wildman–Crippen MR) is 111 cm³/mol. The second-order valence-electron chi connectivity index (χ2n) is 7.43. The highest BCUT2D eigenvalue weighted by Gasteiger charge is 2.38. The molecule has 0 amide bonds. The number of ether oxygens (including phenoxy) is 2. The number of Topliss-reactive ketones (excluding diaryl/α,β-unsaturated/α-hetero) is 1. The number of rotatable bonds is 4. The van der Waals surface area contributed by atoms with Crippen LogP contribution in [0.15, 0.2) is 64.9 Å². The molecule has 152 valence electrons. The highest BCUT2D eigenvalue weighted by molar-refractivity contribution is 6.19. The quantitative estimate of drug-likeness (QED) is 0.624. The standard InChI is InChI=1S/C23H21N3O4/c1-2-29-23(28)20-19(27)13-30-22(20)26-11-15-6-5-14(9-17(15)12-26)8-16-10-25-21-18(16)4-3-7-24-21/h3-4,6-10H,2,5,11-13H2,1H3,(H,24,25). The van der Waals surface area contributed by atoms with Gasteiger partial charge in [-0.15, -0.1) is 0 Å². The van der Waals surface area contributed by atoms with Gasteiger partial charge in [-0.05, 0) is 48.3 Å². The van der Waals surface area contributed by atoms with Gasteiger partial charge in [0.1, 0.15) is 5.65 Å². The fourth-order valence-electron chi connectivity index (χ4n) is 4.12. The summed E-state index contributed by atoms with van der Waals surface area (Å²) < 4.78 is 10.6. The van der Waals surface area contributed by atoms with E-state index in [1.165, 1.54) is 16.7 Å². The van der Waals surface area contributed by atoms with Gasteiger partial charge < -0.3 is 19.4 Å². The van der Waals surface area contributed by atoms with Crippen LogP contribution in [0.3, 0.4) is 0 Å². The van der Waals surface area contributed by atoms with E-state index in [-0.39, 0.29) is 24.6 Å². The van der Waals surface area contributed by atoms with Gasteiger partial charge in [-0.2, -0.15) is 0 Å². The molecule has 0 bridgehead atoms. The lowest BCUT2D eigenvalue weighted by Gasteiger charge is -2.18. The molecule has 2 aromatic rings. The lowest BCUT2D eigenvalue weighted by Crippen LogP contribution is -2.23. The number of ketones is 1. The number of carbonyl (C=O) groups is 2. The summed E-state index contributed by atoms with van der Waals surface area (Å²) in [6, 6.07) is 3.99. The second-order valence-corrected chi connectivity index (χ2v) is 7.43. The SMILES string of the molecule is CCOC(=O)C1=C(N2CC3=CCC(=Cc4c[nH]c5ncccc45)C=C3C2)OCC1=O. The van der Waals surface area contributed by atoms with Crippen molar-refractivity contribution >= 4 is 28.9 Å². The van der Waals surface area contributed by atoms with E-state index in [0.29, 0.717) is 19.0 Å². The summed E-state index contributed by atoms with van der Waals surface area (Å²) in [5.41, 5.74) is 5.57. The number of esters is 1. The predicted octanol–water partition coefficient (Wildman–Crippen LogP) is 2.89. The Labute approximate surface area is 173 Å². The van der Waals surface area contributed by atoms with Crippen molar-refractivity contribution in [2.24, 2.45) is 0 Å². The van der Waals surface area contributed by atoms with Crippen LogP contribution in [0.1, 0.15) is 18.9 Å². The van der Waals surface area contributed by atoms with Crippen molar-refractivity contribution in [3.8, 4) is 0 Å². The molecule has 0 spiro atoms. The number of H-pyrrole nitrogens is 1. The lowest BCUT2D eigenvalue weighted by atomic mass is 9.95. The third-order valence-corrected chi connectivity index (χ3v) is 5.50. The van der Waals surface area contributed by atoms with E-state index in [9.17, 15) is 9.59 Å². The minimum absolute atomic E-state index is 0.0266. The van der Waals surface area contributed by atoms with Crippen molar-refractivity contribution in [3.05, 3.63) is 70.4 Å². The molecule has 0 aromatic carbocycles. The molecule has 2 aromatic heterocycles. The first-order chi connectivity index (χ1) is 14.6. The minimum Gasteiger partial charge on any atom is -0.470 e. The van der Waals surface area contributed by atoms with Crippen LogP contribution in [0.2, 0.25) is 0 Å². The molecule has 30 heavy (non-hydrogen) atoms. The molecular formula is C23H21N3O4. The summed E-state index contributed by atoms with van der Waals surface area (Å²) in [4.78, 5) is 33.8. The van der Waals surface area contributed by atoms with E-state index in [1.807, 2.05) is 17.2 Å². The van der Waals surface area contributed by atoms with Gasteiger partial charge in [0.2, 0.25) is 11.7 Å². The number of pyridine rings is 1. The number of likely N-dealkylation sites (tertiary alicyclic amines) is 1. The fourth-order valence-corrected chi connectivity index (χ4v) is 4.12.